The summed E-state index contributed by atoms with van der Waals surface area (Å²) in [6.45, 7) is 0.796. The molecule has 20 heavy (non-hydrogen) atoms. The highest BCUT2D eigenvalue weighted by Gasteiger charge is 2.26. The SMILES string of the molecule is CNC1COCc2nc(OC)c3cc(F)c(F)cc3c21. The largest absolute Gasteiger partial charge is 0.481 e. The normalized spacial score (nSPS) is 18.1. The van der Waals surface area contributed by atoms with Gasteiger partial charge in [0.25, 0.3) is 0 Å². The minimum atomic E-state index is -0.911. The maximum absolute atomic E-state index is 13.6. The van der Waals surface area contributed by atoms with Crippen LogP contribution in [0.1, 0.15) is 17.3 Å². The van der Waals surface area contributed by atoms with E-state index in [0.717, 1.165) is 11.6 Å². The van der Waals surface area contributed by atoms with Gasteiger partial charge in [-0.15, -0.1) is 0 Å². The lowest BCUT2D eigenvalue weighted by atomic mass is 9.96. The molecule has 2 aromatic rings. The number of rotatable bonds is 2. The molecule has 0 amide bonds. The summed E-state index contributed by atoms with van der Waals surface area (Å²) < 4.78 is 37.7. The van der Waals surface area contributed by atoms with Crippen molar-refractivity contribution in [2.45, 2.75) is 12.6 Å². The molecule has 3 rings (SSSR count). The van der Waals surface area contributed by atoms with Gasteiger partial charge >= 0.3 is 0 Å². The molecule has 1 unspecified atom stereocenters. The Bertz CT molecular complexity index is 676. The zero-order chi connectivity index (χ0) is 14.3. The highest BCUT2D eigenvalue weighted by Crippen LogP contribution is 2.36. The number of benzene rings is 1. The smallest absolute Gasteiger partial charge is 0.221 e. The van der Waals surface area contributed by atoms with Gasteiger partial charge in [0.05, 0.1) is 32.1 Å². The first-order valence-electron chi connectivity index (χ1n) is 6.26. The fourth-order valence-corrected chi connectivity index (χ4v) is 2.58. The second-order valence-corrected chi connectivity index (χ2v) is 4.65. The van der Waals surface area contributed by atoms with Gasteiger partial charge < -0.3 is 14.8 Å². The Morgan fingerprint density at radius 1 is 1.30 bits per heavy atom. The fraction of sp³-hybridized carbons (Fsp3) is 0.357. The van der Waals surface area contributed by atoms with Crippen molar-refractivity contribution in [2.24, 2.45) is 0 Å². The van der Waals surface area contributed by atoms with Gasteiger partial charge in [0, 0.05) is 10.9 Å². The third kappa shape index (κ3) is 1.92. The molecular formula is C14H14F2N2O2. The van der Waals surface area contributed by atoms with E-state index in [1.165, 1.54) is 13.2 Å². The van der Waals surface area contributed by atoms with E-state index in [9.17, 15) is 8.78 Å². The number of fused-ring (bicyclic) bond motifs is 3. The van der Waals surface area contributed by atoms with Crippen molar-refractivity contribution in [3.63, 3.8) is 0 Å². The maximum Gasteiger partial charge on any atom is 0.221 e. The average Bonchev–Trinajstić information content (AvgIpc) is 2.47. The van der Waals surface area contributed by atoms with Crippen molar-refractivity contribution in [1.82, 2.24) is 10.3 Å². The van der Waals surface area contributed by atoms with Crippen LogP contribution < -0.4 is 10.1 Å². The Morgan fingerprint density at radius 2 is 2.00 bits per heavy atom. The van der Waals surface area contributed by atoms with Crippen LogP contribution in [-0.2, 0) is 11.3 Å². The first-order valence-corrected chi connectivity index (χ1v) is 6.26. The quantitative estimate of drug-likeness (QED) is 0.916. The molecular weight excluding hydrogens is 266 g/mol. The van der Waals surface area contributed by atoms with Crippen LogP contribution in [0.15, 0.2) is 12.1 Å². The molecule has 0 saturated heterocycles. The van der Waals surface area contributed by atoms with Crippen LogP contribution in [0.3, 0.4) is 0 Å². The van der Waals surface area contributed by atoms with Crippen molar-refractivity contribution in [2.75, 3.05) is 20.8 Å². The fourth-order valence-electron chi connectivity index (χ4n) is 2.58. The monoisotopic (exact) mass is 280 g/mol. The molecule has 106 valence electrons. The number of likely N-dealkylation sites (N-methyl/N-ethyl adjacent to an activating group) is 1. The standard InChI is InChI=1S/C14H14F2N2O2/c1-17-11-5-20-6-12-13(11)7-3-9(15)10(16)4-8(7)14(18-12)19-2/h3-4,11,17H,5-6H2,1-2H3. The molecule has 0 bridgehead atoms. The zero-order valence-electron chi connectivity index (χ0n) is 11.2. The number of methoxy groups -OCH3 is 1. The van der Waals surface area contributed by atoms with Gasteiger partial charge in [0.1, 0.15) is 0 Å². The summed E-state index contributed by atoms with van der Waals surface area (Å²) >= 11 is 0. The minimum absolute atomic E-state index is 0.107. The summed E-state index contributed by atoms with van der Waals surface area (Å²) in [4.78, 5) is 4.35. The van der Waals surface area contributed by atoms with Gasteiger partial charge in [-0.2, -0.15) is 0 Å². The highest BCUT2D eigenvalue weighted by molar-refractivity contribution is 5.91. The first kappa shape index (κ1) is 13.2. The first-order chi connectivity index (χ1) is 9.65. The summed E-state index contributed by atoms with van der Waals surface area (Å²) in [6, 6.07) is 2.21. The molecule has 0 fully saturated rings. The number of aromatic nitrogens is 1. The van der Waals surface area contributed by atoms with Crippen LogP contribution in [0.25, 0.3) is 10.8 Å². The number of hydrogen-bond donors (Lipinski definition) is 1. The van der Waals surface area contributed by atoms with Crippen LogP contribution in [0, 0.1) is 11.6 Å². The number of pyridine rings is 1. The van der Waals surface area contributed by atoms with E-state index in [1.54, 1.807) is 7.05 Å². The van der Waals surface area contributed by atoms with Gasteiger partial charge in [0.2, 0.25) is 5.88 Å². The number of nitrogens with one attached hydrogen (secondary N) is 1. The van der Waals surface area contributed by atoms with Crippen LogP contribution in [0.2, 0.25) is 0 Å². The molecule has 1 atom stereocenters. The van der Waals surface area contributed by atoms with Crippen molar-refractivity contribution in [3.05, 3.63) is 35.0 Å². The van der Waals surface area contributed by atoms with Gasteiger partial charge in [-0.05, 0) is 24.6 Å². The number of hydrogen-bond acceptors (Lipinski definition) is 4. The Balaban J connectivity index is 2.38. The predicted octanol–water partition coefficient (Wildman–Crippen LogP) is 2.31. The average molecular weight is 280 g/mol. The minimum Gasteiger partial charge on any atom is -0.481 e. The maximum atomic E-state index is 13.6. The topological polar surface area (TPSA) is 43.4 Å². The lowest BCUT2D eigenvalue weighted by Crippen LogP contribution is -2.28. The van der Waals surface area contributed by atoms with Crippen LogP contribution in [0.5, 0.6) is 5.88 Å². The zero-order valence-corrected chi connectivity index (χ0v) is 11.2. The summed E-state index contributed by atoms with van der Waals surface area (Å²) in [5, 5.41) is 4.17. The molecule has 4 nitrogen and oxygen atoms in total. The molecule has 0 aliphatic carbocycles. The lowest BCUT2D eigenvalue weighted by molar-refractivity contribution is 0.0816. The van der Waals surface area contributed by atoms with E-state index in [1.807, 2.05) is 0 Å². The third-order valence-electron chi connectivity index (χ3n) is 3.54. The summed E-state index contributed by atoms with van der Waals surface area (Å²) in [6.07, 6.45) is 0. The number of nitrogens with zero attached hydrogens (tertiary/aromatic N) is 1. The van der Waals surface area contributed by atoms with Gasteiger partial charge in [-0.3, -0.25) is 0 Å². The number of halogens is 2. The van der Waals surface area contributed by atoms with E-state index in [4.69, 9.17) is 9.47 Å². The Labute approximate surface area is 114 Å². The van der Waals surface area contributed by atoms with Crippen molar-refractivity contribution in [1.29, 1.82) is 0 Å². The Kier molecular flexibility index (Phi) is 3.27. The molecule has 1 aromatic carbocycles. The predicted molar refractivity (Wildman–Crippen MR) is 69.7 cm³/mol. The third-order valence-corrected chi connectivity index (χ3v) is 3.54. The van der Waals surface area contributed by atoms with E-state index in [-0.39, 0.29) is 11.9 Å². The van der Waals surface area contributed by atoms with Crippen molar-refractivity contribution in [3.8, 4) is 5.88 Å². The second-order valence-electron chi connectivity index (χ2n) is 4.65. The van der Waals surface area contributed by atoms with E-state index in [2.05, 4.69) is 10.3 Å². The molecule has 1 N–H and O–H groups in total. The van der Waals surface area contributed by atoms with Crippen molar-refractivity contribution < 1.29 is 18.3 Å². The van der Waals surface area contributed by atoms with Crippen molar-refractivity contribution >= 4 is 10.8 Å². The van der Waals surface area contributed by atoms with Crippen LogP contribution in [-0.4, -0.2) is 25.7 Å². The molecule has 0 saturated carbocycles. The summed E-state index contributed by atoms with van der Waals surface area (Å²) in [7, 11) is 3.24. The molecule has 1 aliphatic heterocycles. The number of ether oxygens (including phenoxy) is 2. The lowest BCUT2D eigenvalue weighted by Gasteiger charge is -2.26. The summed E-state index contributed by atoms with van der Waals surface area (Å²) in [5.41, 5.74) is 1.53. The molecule has 0 radical (unpaired) electrons. The van der Waals surface area contributed by atoms with E-state index >= 15 is 0 Å². The van der Waals surface area contributed by atoms with Gasteiger partial charge in [-0.1, -0.05) is 0 Å². The Hall–Kier alpha value is -1.79. The molecule has 6 heteroatoms. The van der Waals surface area contributed by atoms with Crippen LogP contribution in [0.4, 0.5) is 8.78 Å². The summed E-state index contributed by atoms with van der Waals surface area (Å²) in [5.74, 6) is -1.52. The highest BCUT2D eigenvalue weighted by atomic mass is 19.2. The van der Waals surface area contributed by atoms with Crippen LogP contribution >= 0.6 is 0 Å². The molecule has 0 spiro atoms. The Morgan fingerprint density at radius 3 is 2.65 bits per heavy atom. The van der Waals surface area contributed by atoms with Gasteiger partial charge in [-0.25, -0.2) is 13.8 Å². The molecule has 1 aromatic heterocycles. The van der Waals surface area contributed by atoms with Gasteiger partial charge in [0.15, 0.2) is 11.6 Å². The second kappa shape index (κ2) is 4.96. The van der Waals surface area contributed by atoms with E-state index < -0.39 is 11.6 Å². The molecule has 2 heterocycles. The molecule has 1 aliphatic rings. The van der Waals surface area contributed by atoms with E-state index in [0.29, 0.717) is 29.7 Å².